The molecule has 0 aliphatic carbocycles. The Morgan fingerprint density at radius 3 is 2.45 bits per heavy atom. The first kappa shape index (κ1) is 15.0. The van der Waals surface area contributed by atoms with E-state index >= 15 is 0 Å². The van der Waals surface area contributed by atoms with Gasteiger partial charge in [0, 0.05) is 19.0 Å². The van der Waals surface area contributed by atoms with Crippen molar-refractivity contribution in [1.82, 2.24) is 14.9 Å². The average molecular weight is 298 g/mol. The summed E-state index contributed by atoms with van der Waals surface area (Å²) in [6.07, 6.45) is 4.79. The van der Waals surface area contributed by atoms with Gasteiger partial charge in [0.25, 0.3) is 0 Å². The third kappa shape index (κ3) is 4.07. The highest BCUT2D eigenvalue weighted by molar-refractivity contribution is 6.29. The van der Waals surface area contributed by atoms with Crippen LogP contribution in [0.15, 0.2) is 12.4 Å². The normalized spacial score (nSPS) is 17.1. The number of aromatic nitrogens is 2. The van der Waals surface area contributed by atoms with E-state index in [1.54, 1.807) is 17.3 Å². The van der Waals surface area contributed by atoms with Gasteiger partial charge >= 0.3 is 6.09 Å². The molecule has 0 atom stereocenters. The van der Waals surface area contributed by atoms with Crippen molar-refractivity contribution in [3.63, 3.8) is 0 Å². The molecule has 1 amide bonds. The first-order valence-electron chi connectivity index (χ1n) is 6.80. The average Bonchev–Trinajstić information content (AvgIpc) is 2.38. The number of nitrogens with zero attached hydrogens (tertiary/aromatic N) is 3. The first-order valence-corrected chi connectivity index (χ1v) is 7.18. The summed E-state index contributed by atoms with van der Waals surface area (Å²) in [5.74, 6) is 0.332. The van der Waals surface area contributed by atoms with Gasteiger partial charge < -0.3 is 9.64 Å². The predicted molar refractivity (Wildman–Crippen MR) is 76.8 cm³/mol. The molecule has 5 nitrogen and oxygen atoms in total. The summed E-state index contributed by atoms with van der Waals surface area (Å²) in [4.78, 5) is 22.1. The van der Waals surface area contributed by atoms with Gasteiger partial charge in [0.05, 0.1) is 18.1 Å². The van der Waals surface area contributed by atoms with E-state index in [-0.39, 0.29) is 6.09 Å². The summed E-state index contributed by atoms with van der Waals surface area (Å²) < 4.78 is 5.38. The van der Waals surface area contributed by atoms with E-state index < -0.39 is 5.60 Å². The maximum Gasteiger partial charge on any atom is 0.410 e. The molecule has 6 heteroatoms. The molecule has 20 heavy (non-hydrogen) atoms. The van der Waals surface area contributed by atoms with Gasteiger partial charge in [0.2, 0.25) is 0 Å². The number of carbonyl (C=O) groups is 1. The number of carbonyl (C=O) groups excluding carboxylic acids is 1. The predicted octanol–water partition coefficient (Wildman–Crippen LogP) is 3.24. The summed E-state index contributed by atoms with van der Waals surface area (Å²) in [6.45, 7) is 7.00. The molecule has 0 unspecified atom stereocenters. The summed E-state index contributed by atoms with van der Waals surface area (Å²) in [7, 11) is 0. The second-order valence-corrected chi connectivity index (χ2v) is 6.39. The highest BCUT2D eigenvalue weighted by Crippen LogP contribution is 2.27. The van der Waals surface area contributed by atoms with Crippen molar-refractivity contribution in [2.75, 3.05) is 13.1 Å². The Morgan fingerprint density at radius 2 is 1.95 bits per heavy atom. The van der Waals surface area contributed by atoms with Crippen LogP contribution in [0.2, 0.25) is 5.15 Å². The van der Waals surface area contributed by atoms with Gasteiger partial charge in [-0.05, 0) is 33.6 Å². The largest absolute Gasteiger partial charge is 0.444 e. The van der Waals surface area contributed by atoms with Crippen LogP contribution in [-0.4, -0.2) is 39.7 Å². The maximum atomic E-state index is 12.0. The van der Waals surface area contributed by atoms with Crippen molar-refractivity contribution in [3.8, 4) is 0 Å². The van der Waals surface area contributed by atoms with E-state index in [0.717, 1.165) is 18.5 Å². The molecule has 0 saturated carbocycles. The molecule has 0 radical (unpaired) electrons. The highest BCUT2D eigenvalue weighted by Gasteiger charge is 2.28. The van der Waals surface area contributed by atoms with Crippen molar-refractivity contribution < 1.29 is 9.53 Å². The van der Waals surface area contributed by atoms with Gasteiger partial charge in [-0.1, -0.05) is 11.6 Å². The van der Waals surface area contributed by atoms with Crippen molar-refractivity contribution in [2.45, 2.75) is 45.1 Å². The van der Waals surface area contributed by atoms with Crippen LogP contribution in [0.1, 0.15) is 45.2 Å². The molecule has 1 aliphatic heterocycles. The number of amides is 1. The molecular weight excluding hydrogens is 278 g/mol. The summed E-state index contributed by atoms with van der Waals surface area (Å²) in [5, 5.41) is 0.403. The van der Waals surface area contributed by atoms with Crippen LogP contribution in [0.25, 0.3) is 0 Å². The number of rotatable bonds is 1. The lowest BCUT2D eigenvalue weighted by Gasteiger charge is -2.33. The van der Waals surface area contributed by atoms with E-state index in [0.29, 0.717) is 24.2 Å². The summed E-state index contributed by atoms with van der Waals surface area (Å²) >= 11 is 5.73. The molecule has 1 aromatic heterocycles. The van der Waals surface area contributed by atoms with Crippen molar-refractivity contribution >= 4 is 17.7 Å². The topological polar surface area (TPSA) is 55.3 Å². The molecule has 1 saturated heterocycles. The Balaban J connectivity index is 1.89. The fraction of sp³-hybridized carbons (Fsp3) is 0.643. The van der Waals surface area contributed by atoms with E-state index in [2.05, 4.69) is 9.97 Å². The zero-order chi connectivity index (χ0) is 14.8. The van der Waals surface area contributed by atoms with Crippen LogP contribution in [-0.2, 0) is 4.74 Å². The lowest BCUT2D eigenvalue weighted by atomic mass is 9.94. The van der Waals surface area contributed by atoms with Crippen LogP contribution in [0.4, 0.5) is 4.79 Å². The van der Waals surface area contributed by atoms with Crippen molar-refractivity contribution in [3.05, 3.63) is 23.2 Å². The second kappa shape index (κ2) is 5.95. The molecule has 1 aromatic rings. The Labute approximate surface area is 124 Å². The molecule has 0 bridgehead atoms. The SMILES string of the molecule is CC(C)(C)OC(=O)N1CCC(c2cnc(Cl)cn2)CC1. The minimum Gasteiger partial charge on any atom is -0.444 e. The standard InChI is InChI=1S/C14H20ClN3O2/c1-14(2,3)20-13(19)18-6-4-10(5-7-18)11-8-17-12(15)9-16-11/h8-10H,4-7H2,1-3H3. The number of piperidine rings is 1. The first-order chi connectivity index (χ1) is 9.35. The number of halogens is 1. The Hall–Kier alpha value is -1.36. The number of hydrogen-bond acceptors (Lipinski definition) is 4. The monoisotopic (exact) mass is 297 g/mol. The Bertz CT molecular complexity index is 462. The van der Waals surface area contributed by atoms with Crippen LogP contribution in [0, 0.1) is 0 Å². The highest BCUT2D eigenvalue weighted by atomic mass is 35.5. The van der Waals surface area contributed by atoms with E-state index in [1.165, 1.54) is 0 Å². The lowest BCUT2D eigenvalue weighted by molar-refractivity contribution is 0.0204. The van der Waals surface area contributed by atoms with Crippen LogP contribution >= 0.6 is 11.6 Å². The third-order valence-electron chi connectivity index (χ3n) is 3.21. The van der Waals surface area contributed by atoms with Crippen LogP contribution in [0.5, 0.6) is 0 Å². The Kier molecular flexibility index (Phi) is 4.48. The van der Waals surface area contributed by atoms with Crippen LogP contribution < -0.4 is 0 Å². The van der Waals surface area contributed by atoms with Crippen molar-refractivity contribution in [1.29, 1.82) is 0 Å². The number of ether oxygens (including phenoxy) is 1. The maximum absolute atomic E-state index is 12.0. The van der Waals surface area contributed by atoms with Gasteiger partial charge in [-0.3, -0.25) is 4.98 Å². The fourth-order valence-corrected chi connectivity index (χ4v) is 2.31. The molecule has 1 aliphatic rings. The van der Waals surface area contributed by atoms with Gasteiger partial charge in [0.15, 0.2) is 0 Å². The lowest BCUT2D eigenvalue weighted by Crippen LogP contribution is -2.41. The van der Waals surface area contributed by atoms with E-state index in [1.807, 2.05) is 20.8 Å². The molecule has 0 spiro atoms. The summed E-state index contributed by atoms with van der Waals surface area (Å²) in [6, 6.07) is 0. The fourth-order valence-electron chi connectivity index (χ4n) is 2.22. The number of hydrogen-bond donors (Lipinski definition) is 0. The van der Waals surface area contributed by atoms with Gasteiger partial charge in [-0.25, -0.2) is 9.78 Å². The number of likely N-dealkylation sites (tertiary alicyclic amines) is 1. The minimum atomic E-state index is -0.449. The molecule has 1 fully saturated rings. The molecular formula is C14H20ClN3O2. The van der Waals surface area contributed by atoms with Gasteiger partial charge in [-0.2, -0.15) is 0 Å². The Morgan fingerprint density at radius 1 is 1.30 bits per heavy atom. The molecule has 110 valence electrons. The van der Waals surface area contributed by atoms with Crippen LogP contribution in [0.3, 0.4) is 0 Å². The van der Waals surface area contributed by atoms with E-state index in [9.17, 15) is 4.79 Å². The van der Waals surface area contributed by atoms with Gasteiger partial charge in [-0.15, -0.1) is 0 Å². The third-order valence-corrected chi connectivity index (χ3v) is 3.40. The smallest absolute Gasteiger partial charge is 0.410 e. The molecule has 2 heterocycles. The molecule has 0 aromatic carbocycles. The molecule has 2 rings (SSSR count). The van der Waals surface area contributed by atoms with Gasteiger partial charge in [0.1, 0.15) is 10.8 Å². The van der Waals surface area contributed by atoms with Crippen molar-refractivity contribution in [2.24, 2.45) is 0 Å². The summed E-state index contributed by atoms with van der Waals surface area (Å²) in [5.41, 5.74) is 0.494. The minimum absolute atomic E-state index is 0.238. The quantitative estimate of drug-likeness (QED) is 0.798. The zero-order valence-corrected chi connectivity index (χ0v) is 12.9. The van der Waals surface area contributed by atoms with E-state index in [4.69, 9.17) is 16.3 Å². The molecule has 0 N–H and O–H groups in total. The second-order valence-electron chi connectivity index (χ2n) is 6.01. The zero-order valence-electron chi connectivity index (χ0n) is 12.1.